The second-order valence-electron chi connectivity index (χ2n) is 4.90. The Morgan fingerprint density at radius 2 is 2.37 bits per heavy atom. The van der Waals surface area contributed by atoms with Crippen molar-refractivity contribution >= 4 is 0 Å². The molecule has 1 aliphatic heterocycles. The van der Waals surface area contributed by atoms with E-state index in [1.807, 2.05) is 18.3 Å². The molecule has 0 spiro atoms. The molecule has 1 aliphatic rings. The van der Waals surface area contributed by atoms with E-state index in [0.717, 1.165) is 37.4 Å². The molecule has 106 valence electrons. The molecule has 4 nitrogen and oxygen atoms in total. The smallest absolute Gasteiger partial charge is 0.141 e. The predicted molar refractivity (Wildman–Crippen MR) is 75.3 cm³/mol. The molecule has 0 amide bonds. The van der Waals surface area contributed by atoms with Crippen molar-refractivity contribution in [3.05, 3.63) is 24.0 Å². The van der Waals surface area contributed by atoms with Crippen LogP contribution >= 0.6 is 0 Å². The third-order valence-corrected chi connectivity index (χ3v) is 3.83. The van der Waals surface area contributed by atoms with E-state index in [-0.39, 0.29) is 6.04 Å². The summed E-state index contributed by atoms with van der Waals surface area (Å²) in [5.41, 5.74) is 1.00. The molecule has 19 heavy (non-hydrogen) atoms. The summed E-state index contributed by atoms with van der Waals surface area (Å²) in [6.45, 7) is 6.07. The van der Waals surface area contributed by atoms with Gasteiger partial charge in [0.2, 0.25) is 0 Å². The zero-order valence-corrected chi connectivity index (χ0v) is 12.1. The molecule has 0 aliphatic carbocycles. The molecule has 1 saturated heterocycles. The minimum Gasteiger partial charge on any atom is -0.495 e. The fraction of sp³-hybridized carbons (Fsp3) is 0.667. The van der Waals surface area contributed by atoms with E-state index >= 15 is 0 Å². The van der Waals surface area contributed by atoms with Crippen LogP contribution in [0.1, 0.15) is 38.4 Å². The Morgan fingerprint density at radius 3 is 3.05 bits per heavy atom. The van der Waals surface area contributed by atoms with Crippen LogP contribution in [0, 0.1) is 5.92 Å². The van der Waals surface area contributed by atoms with Gasteiger partial charge in [0.1, 0.15) is 5.75 Å². The molecule has 0 saturated carbocycles. The zero-order chi connectivity index (χ0) is 13.7. The second kappa shape index (κ2) is 6.87. The highest BCUT2D eigenvalue weighted by Gasteiger charge is 2.36. The molecule has 0 bridgehead atoms. The molecule has 1 aromatic heterocycles. The number of ether oxygens (including phenoxy) is 2. The van der Waals surface area contributed by atoms with Gasteiger partial charge in [0.15, 0.2) is 0 Å². The van der Waals surface area contributed by atoms with Gasteiger partial charge in [-0.05, 0) is 31.5 Å². The van der Waals surface area contributed by atoms with Crippen molar-refractivity contribution in [2.45, 2.75) is 38.8 Å². The first-order chi connectivity index (χ1) is 9.31. The van der Waals surface area contributed by atoms with Crippen LogP contribution in [0.15, 0.2) is 18.3 Å². The first-order valence-electron chi connectivity index (χ1n) is 7.15. The Morgan fingerprint density at radius 1 is 1.53 bits per heavy atom. The number of hydrogen-bond donors (Lipinski definition) is 1. The minimum atomic E-state index is 0.202. The molecular formula is C15H24N2O2. The number of pyridine rings is 1. The van der Waals surface area contributed by atoms with Crippen molar-refractivity contribution in [2.75, 3.05) is 20.3 Å². The maximum Gasteiger partial charge on any atom is 0.141 e. The summed E-state index contributed by atoms with van der Waals surface area (Å²) in [7, 11) is 1.70. The van der Waals surface area contributed by atoms with Gasteiger partial charge in [-0.1, -0.05) is 13.8 Å². The summed E-state index contributed by atoms with van der Waals surface area (Å²) in [6, 6.07) is 4.09. The molecular weight excluding hydrogens is 240 g/mol. The van der Waals surface area contributed by atoms with Crippen LogP contribution in [0.5, 0.6) is 5.75 Å². The molecule has 1 fully saturated rings. The molecule has 1 aromatic rings. The maximum atomic E-state index is 5.83. The van der Waals surface area contributed by atoms with E-state index in [4.69, 9.17) is 9.47 Å². The van der Waals surface area contributed by atoms with E-state index < -0.39 is 0 Å². The van der Waals surface area contributed by atoms with Crippen molar-refractivity contribution < 1.29 is 9.47 Å². The summed E-state index contributed by atoms with van der Waals surface area (Å²) < 4.78 is 11.3. The van der Waals surface area contributed by atoms with Crippen LogP contribution in [0.25, 0.3) is 0 Å². The standard InChI is InChI=1S/C15H24N2O2/c1-4-12-11(8-10-19-12)14(16-5-2)15-13(18-3)7-6-9-17-15/h6-7,9,11-12,14,16H,4-5,8,10H2,1-3H3. The van der Waals surface area contributed by atoms with Gasteiger partial charge < -0.3 is 14.8 Å². The lowest BCUT2D eigenvalue weighted by molar-refractivity contribution is 0.0768. The molecule has 4 heteroatoms. The van der Waals surface area contributed by atoms with Crippen LogP contribution < -0.4 is 10.1 Å². The van der Waals surface area contributed by atoms with E-state index in [1.165, 1.54) is 0 Å². The summed E-state index contributed by atoms with van der Waals surface area (Å²) >= 11 is 0. The van der Waals surface area contributed by atoms with Gasteiger partial charge in [-0.25, -0.2) is 0 Å². The maximum absolute atomic E-state index is 5.83. The molecule has 1 N–H and O–H groups in total. The predicted octanol–water partition coefficient (Wildman–Crippen LogP) is 2.56. The highest BCUT2D eigenvalue weighted by Crippen LogP contribution is 2.37. The SMILES string of the molecule is CCNC(c1ncccc1OC)C1CCOC1CC. The normalized spacial score (nSPS) is 24.4. The summed E-state index contributed by atoms with van der Waals surface area (Å²) in [6.07, 6.45) is 4.27. The second-order valence-corrected chi connectivity index (χ2v) is 4.90. The van der Waals surface area contributed by atoms with Crippen molar-refractivity contribution in [3.8, 4) is 5.75 Å². The van der Waals surface area contributed by atoms with Crippen LogP contribution in [-0.4, -0.2) is 31.3 Å². The molecule has 0 aromatic carbocycles. The number of methoxy groups -OCH3 is 1. The first kappa shape index (κ1) is 14.3. The average Bonchev–Trinajstić information content (AvgIpc) is 2.93. The number of aromatic nitrogens is 1. The van der Waals surface area contributed by atoms with Crippen molar-refractivity contribution in [3.63, 3.8) is 0 Å². The Kier molecular flexibility index (Phi) is 5.16. The Hall–Kier alpha value is -1.13. The van der Waals surface area contributed by atoms with E-state index in [9.17, 15) is 0 Å². The van der Waals surface area contributed by atoms with E-state index in [0.29, 0.717) is 12.0 Å². The van der Waals surface area contributed by atoms with Crippen LogP contribution in [-0.2, 0) is 4.74 Å². The summed E-state index contributed by atoms with van der Waals surface area (Å²) in [4.78, 5) is 4.54. The molecule has 2 heterocycles. The Labute approximate surface area is 115 Å². The molecule has 3 atom stereocenters. The summed E-state index contributed by atoms with van der Waals surface area (Å²) in [5, 5.41) is 3.56. The van der Waals surface area contributed by atoms with Crippen molar-refractivity contribution in [1.29, 1.82) is 0 Å². The third kappa shape index (κ3) is 3.07. The first-order valence-corrected chi connectivity index (χ1v) is 7.15. The molecule has 0 radical (unpaired) electrons. The van der Waals surface area contributed by atoms with Gasteiger partial charge in [0.05, 0.1) is 24.9 Å². The quantitative estimate of drug-likeness (QED) is 0.857. The largest absolute Gasteiger partial charge is 0.495 e. The highest BCUT2D eigenvalue weighted by molar-refractivity contribution is 5.30. The van der Waals surface area contributed by atoms with Gasteiger partial charge in [-0.15, -0.1) is 0 Å². The lowest BCUT2D eigenvalue weighted by Gasteiger charge is -2.28. The number of hydrogen-bond acceptors (Lipinski definition) is 4. The summed E-state index contributed by atoms with van der Waals surface area (Å²) in [5.74, 6) is 1.32. The third-order valence-electron chi connectivity index (χ3n) is 3.83. The number of nitrogens with zero attached hydrogens (tertiary/aromatic N) is 1. The molecule has 2 rings (SSSR count). The fourth-order valence-electron chi connectivity index (χ4n) is 2.95. The van der Waals surface area contributed by atoms with Gasteiger partial charge in [0, 0.05) is 18.7 Å². The average molecular weight is 264 g/mol. The lowest BCUT2D eigenvalue weighted by Crippen LogP contribution is -2.33. The van der Waals surface area contributed by atoms with Gasteiger partial charge in [0.25, 0.3) is 0 Å². The lowest BCUT2D eigenvalue weighted by atomic mass is 9.88. The van der Waals surface area contributed by atoms with Crippen LogP contribution in [0.3, 0.4) is 0 Å². The Bertz CT molecular complexity index is 397. The van der Waals surface area contributed by atoms with Gasteiger partial charge in [-0.2, -0.15) is 0 Å². The monoisotopic (exact) mass is 264 g/mol. The van der Waals surface area contributed by atoms with E-state index in [2.05, 4.69) is 24.1 Å². The topological polar surface area (TPSA) is 43.4 Å². The zero-order valence-electron chi connectivity index (χ0n) is 12.1. The van der Waals surface area contributed by atoms with Crippen molar-refractivity contribution in [1.82, 2.24) is 10.3 Å². The van der Waals surface area contributed by atoms with Crippen molar-refractivity contribution in [2.24, 2.45) is 5.92 Å². The van der Waals surface area contributed by atoms with Gasteiger partial charge >= 0.3 is 0 Å². The number of rotatable bonds is 6. The van der Waals surface area contributed by atoms with E-state index in [1.54, 1.807) is 7.11 Å². The van der Waals surface area contributed by atoms with Crippen LogP contribution in [0.2, 0.25) is 0 Å². The van der Waals surface area contributed by atoms with Gasteiger partial charge in [-0.3, -0.25) is 4.98 Å². The number of nitrogens with one attached hydrogen (secondary N) is 1. The molecule has 3 unspecified atom stereocenters. The van der Waals surface area contributed by atoms with Crippen LogP contribution in [0.4, 0.5) is 0 Å². The Balaban J connectivity index is 2.28. The highest BCUT2D eigenvalue weighted by atomic mass is 16.5. The fourth-order valence-corrected chi connectivity index (χ4v) is 2.95. The minimum absolute atomic E-state index is 0.202.